The second-order valence-corrected chi connectivity index (χ2v) is 4.85. The molecule has 2 aromatic heterocycles. The van der Waals surface area contributed by atoms with Gasteiger partial charge in [-0.15, -0.1) is 0 Å². The smallest absolute Gasteiger partial charge is 0.327 e. The number of hydrogen-bond donors (Lipinski definition) is 3. The molecule has 7 nitrogen and oxygen atoms in total. The first kappa shape index (κ1) is 11.8. The number of aryl methyl sites for hydroxylation is 1. The van der Waals surface area contributed by atoms with Crippen LogP contribution in [-0.2, 0) is 0 Å². The lowest BCUT2D eigenvalue weighted by Gasteiger charge is -2.06. The predicted octanol–water partition coefficient (Wildman–Crippen LogP) is 0.936. The number of hydrogen-bond acceptors (Lipinski definition) is 5. The van der Waals surface area contributed by atoms with Gasteiger partial charge in [0.1, 0.15) is 11.3 Å². The van der Waals surface area contributed by atoms with E-state index in [1.807, 2.05) is 0 Å². The van der Waals surface area contributed by atoms with Crippen LogP contribution in [0.5, 0.6) is 5.75 Å². The van der Waals surface area contributed by atoms with Gasteiger partial charge in [-0.1, -0.05) is 0 Å². The van der Waals surface area contributed by atoms with E-state index in [1.54, 1.807) is 13.0 Å². The molecule has 0 unspecified atom stereocenters. The second kappa shape index (κ2) is 3.89. The lowest BCUT2D eigenvalue weighted by atomic mass is 10.2. The zero-order chi connectivity index (χ0) is 13.7. The van der Waals surface area contributed by atoms with Crippen molar-refractivity contribution in [1.29, 1.82) is 0 Å². The van der Waals surface area contributed by atoms with Gasteiger partial charge in [0, 0.05) is 0 Å². The van der Waals surface area contributed by atoms with E-state index in [1.165, 1.54) is 0 Å². The molecule has 0 radical (unpaired) electrons. The minimum atomic E-state index is -0.654. The van der Waals surface area contributed by atoms with Crippen molar-refractivity contribution in [2.24, 2.45) is 0 Å². The summed E-state index contributed by atoms with van der Waals surface area (Å²) >= 11 is 3.22. The molecule has 19 heavy (non-hydrogen) atoms. The van der Waals surface area contributed by atoms with Crippen molar-refractivity contribution in [3.63, 3.8) is 0 Å². The molecule has 96 valence electrons. The molecule has 0 aliphatic heterocycles. The number of fused-ring (bicyclic) bond motifs is 2. The molecule has 0 aliphatic rings. The highest BCUT2D eigenvalue weighted by molar-refractivity contribution is 9.10. The summed E-state index contributed by atoms with van der Waals surface area (Å²) in [6, 6.07) is 1.62. The van der Waals surface area contributed by atoms with E-state index in [4.69, 9.17) is 0 Å². The molecule has 3 aromatic rings. The molecule has 0 aliphatic carbocycles. The first-order valence-electron chi connectivity index (χ1n) is 5.29. The number of halogens is 1. The van der Waals surface area contributed by atoms with Gasteiger partial charge in [0.2, 0.25) is 0 Å². The van der Waals surface area contributed by atoms with Crippen molar-refractivity contribution in [2.45, 2.75) is 6.92 Å². The van der Waals surface area contributed by atoms with Gasteiger partial charge in [-0.05, 0) is 34.5 Å². The SMILES string of the molecule is Cc1cc2nc3c(=O)[nH]c(=O)[nH]c3nc2c(Br)c1O. The topological polar surface area (TPSA) is 112 Å². The Labute approximate surface area is 113 Å². The average molecular weight is 323 g/mol. The van der Waals surface area contributed by atoms with E-state index in [0.717, 1.165) is 0 Å². The maximum atomic E-state index is 11.6. The van der Waals surface area contributed by atoms with Crippen LogP contribution in [0.3, 0.4) is 0 Å². The highest BCUT2D eigenvalue weighted by Gasteiger charge is 2.13. The number of rotatable bonds is 0. The number of phenols is 1. The monoisotopic (exact) mass is 322 g/mol. The van der Waals surface area contributed by atoms with Crippen molar-refractivity contribution in [1.82, 2.24) is 19.9 Å². The minimum absolute atomic E-state index is 0.0455. The van der Waals surface area contributed by atoms with E-state index in [0.29, 0.717) is 21.1 Å². The van der Waals surface area contributed by atoms with Crippen LogP contribution in [0.1, 0.15) is 5.56 Å². The summed E-state index contributed by atoms with van der Waals surface area (Å²) < 4.78 is 0.373. The maximum absolute atomic E-state index is 11.6. The third kappa shape index (κ3) is 1.72. The van der Waals surface area contributed by atoms with Crippen molar-refractivity contribution in [2.75, 3.05) is 0 Å². The zero-order valence-electron chi connectivity index (χ0n) is 9.61. The average Bonchev–Trinajstić information content (AvgIpc) is 2.35. The molecular weight excluding hydrogens is 316 g/mol. The Morgan fingerprint density at radius 1 is 1.21 bits per heavy atom. The number of aromatic amines is 2. The highest BCUT2D eigenvalue weighted by Crippen LogP contribution is 2.33. The molecule has 0 amide bonds. The number of aromatic hydroxyl groups is 1. The zero-order valence-corrected chi connectivity index (χ0v) is 11.2. The van der Waals surface area contributed by atoms with Crippen LogP contribution < -0.4 is 11.2 Å². The van der Waals surface area contributed by atoms with Crippen molar-refractivity contribution in [3.8, 4) is 5.75 Å². The summed E-state index contributed by atoms with van der Waals surface area (Å²) in [4.78, 5) is 35.7. The molecule has 0 fully saturated rings. The normalized spacial score (nSPS) is 11.3. The standard InChI is InChI=1S/C11H7BrN4O3/c1-3-2-4-6(5(12)8(3)17)14-9-7(13-4)10(18)16-11(19)15-9/h2,17H,1H3,(H2,14,15,16,18,19). The summed E-state index contributed by atoms with van der Waals surface area (Å²) in [5.41, 5.74) is 0.292. The summed E-state index contributed by atoms with van der Waals surface area (Å²) in [7, 11) is 0. The van der Waals surface area contributed by atoms with Crippen LogP contribution in [0.15, 0.2) is 20.1 Å². The van der Waals surface area contributed by atoms with Crippen LogP contribution in [0.2, 0.25) is 0 Å². The number of aromatic nitrogens is 4. The van der Waals surface area contributed by atoms with Gasteiger partial charge >= 0.3 is 5.69 Å². The molecule has 2 heterocycles. The van der Waals surface area contributed by atoms with Crippen LogP contribution in [0, 0.1) is 6.92 Å². The van der Waals surface area contributed by atoms with E-state index in [9.17, 15) is 14.7 Å². The van der Waals surface area contributed by atoms with Crippen molar-refractivity contribution < 1.29 is 5.11 Å². The van der Waals surface area contributed by atoms with E-state index >= 15 is 0 Å². The molecule has 0 saturated carbocycles. The van der Waals surface area contributed by atoms with Gasteiger partial charge in [0.15, 0.2) is 11.2 Å². The van der Waals surface area contributed by atoms with Gasteiger partial charge in [-0.2, -0.15) is 0 Å². The molecule has 3 rings (SSSR count). The Bertz CT molecular complexity index is 944. The number of nitrogens with one attached hydrogen (secondary N) is 2. The first-order valence-corrected chi connectivity index (χ1v) is 6.09. The first-order chi connectivity index (χ1) is 8.97. The number of H-pyrrole nitrogens is 2. The lowest BCUT2D eigenvalue weighted by molar-refractivity contribution is 0.468. The molecule has 8 heteroatoms. The summed E-state index contributed by atoms with van der Waals surface area (Å²) in [5, 5.41) is 9.83. The quantitative estimate of drug-likeness (QED) is 0.533. The molecule has 0 spiro atoms. The fourth-order valence-electron chi connectivity index (χ4n) is 1.82. The van der Waals surface area contributed by atoms with Crippen LogP contribution in [0.4, 0.5) is 0 Å². The van der Waals surface area contributed by atoms with Crippen molar-refractivity contribution >= 4 is 38.1 Å². The lowest BCUT2D eigenvalue weighted by Crippen LogP contribution is -2.23. The maximum Gasteiger partial charge on any atom is 0.327 e. The Balaban J connectivity index is 2.60. The predicted molar refractivity (Wildman–Crippen MR) is 72.4 cm³/mol. The van der Waals surface area contributed by atoms with E-state index in [2.05, 4.69) is 35.9 Å². The molecular formula is C11H7BrN4O3. The van der Waals surface area contributed by atoms with E-state index < -0.39 is 11.2 Å². The number of benzene rings is 1. The Hall–Kier alpha value is -2.22. The van der Waals surface area contributed by atoms with Gasteiger partial charge < -0.3 is 5.11 Å². The van der Waals surface area contributed by atoms with Gasteiger partial charge in [0.25, 0.3) is 5.56 Å². The minimum Gasteiger partial charge on any atom is -0.506 e. The van der Waals surface area contributed by atoms with Gasteiger partial charge in [-0.3, -0.25) is 14.8 Å². The molecule has 0 atom stereocenters. The van der Waals surface area contributed by atoms with Crippen LogP contribution >= 0.6 is 15.9 Å². The van der Waals surface area contributed by atoms with Gasteiger partial charge in [0.05, 0.1) is 9.99 Å². The highest BCUT2D eigenvalue weighted by atomic mass is 79.9. The third-order valence-electron chi connectivity index (χ3n) is 2.74. The largest absolute Gasteiger partial charge is 0.506 e. The summed E-state index contributed by atoms with van der Waals surface area (Å²) in [6.45, 7) is 1.71. The van der Waals surface area contributed by atoms with E-state index in [-0.39, 0.29) is 16.9 Å². The fraction of sp³-hybridized carbons (Fsp3) is 0.0909. The Kier molecular flexibility index (Phi) is 2.42. The molecule has 1 aromatic carbocycles. The summed E-state index contributed by atoms with van der Waals surface area (Å²) in [5.74, 6) is 0.0494. The van der Waals surface area contributed by atoms with Crippen molar-refractivity contribution in [3.05, 3.63) is 36.9 Å². The fourth-order valence-corrected chi connectivity index (χ4v) is 2.42. The third-order valence-corrected chi connectivity index (χ3v) is 3.49. The number of nitrogens with zero attached hydrogens (tertiary/aromatic N) is 2. The second-order valence-electron chi connectivity index (χ2n) is 4.05. The molecule has 0 saturated heterocycles. The molecule has 0 bridgehead atoms. The van der Waals surface area contributed by atoms with Gasteiger partial charge in [-0.25, -0.2) is 14.8 Å². The molecule has 3 N–H and O–H groups in total. The van der Waals surface area contributed by atoms with Crippen LogP contribution in [0.25, 0.3) is 22.2 Å². The Morgan fingerprint density at radius 3 is 2.68 bits per heavy atom. The Morgan fingerprint density at radius 2 is 1.95 bits per heavy atom. The van der Waals surface area contributed by atoms with Crippen LogP contribution in [-0.4, -0.2) is 25.0 Å². The summed E-state index contributed by atoms with van der Waals surface area (Å²) in [6.07, 6.45) is 0. The number of phenolic OH excluding ortho intramolecular Hbond substituents is 1.